The lowest BCUT2D eigenvalue weighted by molar-refractivity contribution is 0.195. The van der Waals surface area contributed by atoms with E-state index in [9.17, 15) is 0 Å². The van der Waals surface area contributed by atoms with Gasteiger partial charge in [-0.15, -0.1) is 0 Å². The van der Waals surface area contributed by atoms with Gasteiger partial charge in [-0.3, -0.25) is 0 Å². The summed E-state index contributed by atoms with van der Waals surface area (Å²) in [5, 5.41) is 3.40. The van der Waals surface area contributed by atoms with E-state index in [0.717, 1.165) is 43.9 Å². The summed E-state index contributed by atoms with van der Waals surface area (Å²) in [6.07, 6.45) is 4.46. The smallest absolute Gasteiger partial charge is 0.148 e. The topological polar surface area (TPSA) is 85.1 Å². The van der Waals surface area contributed by atoms with Crippen LogP contribution in [0.4, 0.5) is 11.6 Å². The van der Waals surface area contributed by atoms with Gasteiger partial charge in [0, 0.05) is 12.2 Å². The summed E-state index contributed by atoms with van der Waals surface area (Å²) >= 11 is 0. The molecule has 1 aromatic rings. The van der Waals surface area contributed by atoms with Gasteiger partial charge in [0.15, 0.2) is 0 Å². The van der Waals surface area contributed by atoms with Crippen LogP contribution in [0.25, 0.3) is 0 Å². The fourth-order valence-corrected chi connectivity index (χ4v) is 1.99. The van der Waals surface area contributed by atoms with E-state index in [1.165, 1.54) is 6.33 Å². The molecule has 0 spiro atoms. The first-order valence-electron chi connectivity index (χ1n) is 6.00. The van der Waals surface area contributed by atoms with Gasteiger partial charge in [0.25, 0.3) is 0 Å². The van der Waals surface area contributed by atoms with Crippen LogP contribution in [0.2, 0.25) is 0 Å². The zero-order valence-electron chi connectivity index (χ0n) is 10.1. The van der Waals surface area contributed by atoms with Gasteiger partial charge >= 0.3 is 0 Å². The minimum Gasteiger partial charge on any atom is -0.379 e. The summed E-state index contributed by atoms with van der Waals surface area (Å²) in [5.74, 6) is 7.03. The highest BCUT2D eigenvalue weighted by molar-refractivity contribution is 5.57. The lowest BCUT2D eigenvalue weighted by Crippen LogP contribution is -2.22. The largest absolute Gasteiger partial charge is 0.379 e. The summed E-state index contributed by atoms with van der Waals surface area (Å²) in [7, 11) is 0. The molecule has 6 nitrogen and oxygen atoms in total. The Balaban J connectivity index is 2.18. The van der Waals surface area contributed by atoms with E-state index < -0.39 is 0 Å². The molecule has 0 bridgehead atoms. The highest BCUT2D eigenvalue weighted by atomic mass is 16.5. The third-order valence-corrected chi connectivity index (χ3v) is 2.85. The van der Waals surface area contributed by atoms with E-state index in [0.29, 0.717) is 11.9 Å². The number of aromatic nitrogens is 2. The van der Waals surface area contributed by atoms with E-state index >= 15 is 0 Å². The molecule has 0 amide bonds. The van der Waals surface area contributed by atoms with Crippen LogP contribution in [0.3, 0.4) is 0 Å². The quantitative estimate of drug-likeness (QED) is 0.521. The van der Waals surface area contributed by atoms with E-state index in [-0.39, 0.29) is 0 Å². The molecule has 0 saturated carbocycles. The molecular formula is C11H19N5O. The van der Waals surface area contributed by atoms with Gasteiger partial charge in [-0.1, -0.05) is 13.3 Å². The fourth-order valence-electron chi connectivity index (χ4n) is 1.99. The van der Waals surface area contributed by atoms with Crippen LogP contribution in [0.5, 0.6) is 0 Å². The standard InChI is InChI=1S/C11H19N5O/c1-2-3-9-10(13-7-14-11(9)16-12)15-8-4-5-17-6-8/h7-8H,2-6,12H2,1H3,(H2,13,14,15,16). The van der Waals surface area contributed by atoms with Gasteiger partial charge in [-0.05, 0) is 12.8 Å². The summed E-state index contributed by atoms with van der Waals surface area (Å²) in [5.41, 5.74) is 3.67. The average molecular weight is 237 g/mol. The van der Waals surface area contributed by atoms with Gasteiger partial charge in [-0.2, -0.15) is 0 Å². The fraction of sp³-hybridized carbons (Fsp3) is 0.636. The Morgan fingerprint density at radius 2 is 2.29 bits per heavy atom. The van der Waals surface area contributed by atoms with Crippen LogP contribution >= 0.6 is 0 Å². The number of hydrogen-bond acceptors (Lipinski definition) is 6. The van der Waals surface area contributed by atoms with E-state index in [1.54, 1.807) is 0 Å². The Kier molecular flexibility index (Phi) is 4.11. The molecule has 0 aromatic carbocycles. The lowest BCUT2D eigenvalue weighted by atomic mass is 10.1. The Morgan fingerprint density at radius 1 is 1.47 bits per heavy atom. The Hall–Kier alpha value is -1.40. The van der Waals surface area contributed by atoms with E-state index in [2.05, 4.69) is 27.6 Å². The molecule has 1 saturated heterocycles. The summed E-state index contributed by atoms with van der Waals surface area (Å²) in [4.78, 5) is 8.43. The molecule has 1 fully saturated rings. The second-order valence-corrected chi connectivity index (χ2v) is 4.15. The van der Waals surface area contributed by atoms with Crippen molar-refractivity contribution in [1.29, 1.82) is 0 Å². The van der Waals surface area contributed by atoms with Crippen molar-refractivity contribution in [2.75, 3.05) is 24.0 Å². The molecule has 0 aliphatic carbocycles. The zero-order valence-corrected chi connectivity index (χ0v) is 10.1. The highest BCUT2D eigenvalue weighted by Crippen LogP contribution is 2.22. The molecule has 4 N–H and O–H groups in total. The van der Waals surface area contributed by atoms with Crippen LogP contribution < -0.4 is 16.6 Å². The van der Waals surface area contributed by atoms with Crippen molar-refractivity contribution in [3.8, 4) is 0 Å². The number of hydrazine groups is 1. The Labute approximate surface area is 101 Å². The first-order chi connectivity index (χ1) is 8.35. The monoisotopic (exact) mass is 237 g/mol. The second kappa shape index (κ2) is 5.79. The third kappa shape index (κ3) is 2.83. The molecule has 1 unspecified atom stereocenters. The maximum absolute atomic E-state index is 5.47. The SMILES string of the molecule is CCCc1c(NN)ncnc1NC1CCOC1. The molecule has 0 radical (unpaired) electrons. The molecule has 17 heavy (non-hydrogen) atoms. The van der Waals surface area contributed by atoms with Crippen LogP contribution in [0, 0.1) is 0 Å². The number of hydrogen-bond donors (Lipinski definition) is 3. The summed E-state index contributed by atoms with van der Waals surface area (Å²) < 4.78 is 5.34. The predicted molar refractivity (Wildman–Crippen MR) is 66.7 cm³/mol. The molecule has 1 atom stereocenters. The zero-order chi connectivity index (χ0) is 12.1. The first-order valence-corrected chi connectivity index (χ1v) is 6.00. The van der Waals surface area contributed by atoms with Crippen molar-refractivity contribution >= 4 is 11.6 Å². The Bertz CT molecular complexity index is 365. The number of anilines is 2. The minimum absolute atomic E-state index is 0.339. The van der Waals surface area contributed by atoms with Crippen molar-refractivity contribution in [1.82, 2.24) is 9.97 Å². The number of rotatable bonds is 5. The first kappa shape index (κ1) is 12.1. The van der Waals surface area contributed by atoms with Crippen molar-refractivity contribution in [3.05, 3.63) is 11.9 Å². The number of nitrogens with zero attached hydrogens (tertiary/aromatic N) is 2. The number of nitrogen functional groups attached to an aromatic ring is 1. The van der Waals surface area contributed by atoms with Crippen LogP contribution in [0.15, 0.2) is 6.33 Å². The molecule has 2 rings (SSSR count). The van der Waals surface area contributed by atoms with Crippen molar-refractivity contribution < 1.29 is 4.74 Å². The predicted octanol–water partition coefficient (Wildman–Crippen LogP) is 0.916. The van der Waals surface area contributed by atoms with Crippen molar-refractivity contribution in [2.45, 2.75) is 32.2 Å². The van der Waals surface area contributed by atoms with Crippen LogP contribution in [-0.4, -0.2) is 29.2 Å². The normalized spacial score (nSPS) is 19.3. The van der Waals surface area contributed by atoms with E-state index in [1.807, 2.05) is 0 Å². The summed E-state index contributed by atoms with van der Waals surface area (Å²) in [6.45, 7) is 3.67. The molecule has 1 aromatic heterocycles. The van der Waals surface area contributed by atoms with Crippen molar-refractivity contribution in [3.63, 3.8) is 0 Å². The number of nitrogens with two attached hydrogens (primary N) is 1. The second-order valence-electron chi connectivity index (χ2n) is 4.15. The highest BCUT2D eigenvalue weighted by Gasteiger charge is 2.18. The molecule has 94 valence electrons. The lowest BCUT2D eigenvalue weighted by Gasteiger charge is -2.16. The van der Waals surface area contributed by atoms with E-state index in [4.69, 9.17) is 10.6 Å². The molecule has 1 aliphatic heterocycles. The third-order valence-electron chi connectivity index (χ3n) is 2.85. The van der Waals surface area contributed by atoms with Gasteiger partial charge in [-0.25, -0.2) is 15.8 Å². The van der Waals surface area contributed by atoms with Crippen LogP contribution in [-0.2, 0) is 11.2 Å². The molecule has 6 heteroatoms. The van der Waals surface area contributed by atoms with Gasteiger partial charge in [0.1, 0.15) is 18.0 Å². The number of nitrogens with one attached hydrogen (secondary N) is 2. The van der Waals surface area contributed by atoms with Gasteiger partial charge in [0.2, 0.25) is 0 Å². The summed E-state index contributed by atoms with van der Waals surface area (Å²) in [6, 6.07) is 0.339. The molecule has 2 heterocycles. The van der Waals surface area contributed by atoms with Gasteiger partial charge < -0.3 is 15.5 Å². The Morgan fingerprint density at radius 3 is 2.94 bits per heavy atom. The van der Waals surface area contributed by atoms with Crippen LogP contribution in [0.1, 0.15) is 25.3 Å². The molecule has 1 aliphatic rings. The van der Waals surface area contributed by atoms with Crippen molar-refractivity contribution in [2.24, 2.45) is 5.84 Å². The maximum Gasteiger partial charge on any atom is 0.148 e. The molecular weight excluding hydrogens is 218 g/mol. The average Bonchev–Trinajstić information content (AvgIpc) is 2.84. The maximum atomic E-state index is 5.47. The van der Waals surface area contributed by atoms with Gasteiger partial charge in [0.05, 0.1) is 12.6 Å². The number of ether oxygens (including phenoxy) is 1. The minimum atomic E-state index is 0.339.